The third-order valence-corrected chi connectivity index (χ3v) is 5.06. The van der Waals surface area contributed by atoms with E-state index < -0.39 is 17.7 Å². The van der Waals surface area contributed by atoms with Crippen molar-refractivity contribution in [2.75, 3.05) is 27.9 Å². The van der Waals surface area contributed by atoms with Crippen LogP contribution < -0.4 is 14.2 Å². The van der Waals surface area contributed by atoms with Crippen LogP contribution in [-0.2, 0) is 14.1 Å². The van der Waals surface area contributed by atoms with Crippen molar-refractivity contribution >= 4 is 20.9 Å². The molecule has 0 fully saturated rings. The summed E-state index contributed by atoms with van der Waals surface area (Å²) in [6.07, 6.45) is 0.893. The molecule has 0 saturated carbocycles. The predicted octanol–water partition coefficient (Wildman–Crippen LogP) is 5.50. The van der Waals surface area contributed by atoms with Crippen LogP contribution in [0.15, 0.2) is 42.5 Å². The van der Waals surface area contributed by atoms with Gasteiger partial charge in [-0.1, -0.05) is 62.6 Å². The SMILES string of the molecule is COc1cc(OC)c(C(=O)C(C(=O)OCC(C)CC(C)(C)C)c2ccccc2)c(OC)c1.O=[PH2+]. The number of hydrogen-bond donors (Lipinski definition) is 0. The number of benzene rings is 2. The number of esters is 1. The highest BCUT2D eigenvalue weighted by molar-refractivity contribution is 7.00. The van der Waals surface area contributed by atoms with Crippen LogP contribution in [0.2, 0.25) is 0 Å². The van der Waals surface area contributed by atoms with Crippen molar-refractivity contribution in [3.63, 3.8) is 0 Å². The molecule has 8 heteroatoms. The zero-order chi connectivity index (χ0) is 25.9. The molecule has 7 nitrogen and oxygen atoms in total. The van der Waals surface area contributed by atoms with E-state index in [0.717, 1.165) is 6.42 Å². The maximum Gasteiger partial charge on any atom is 0.321 e. The number of Topliss-reactive ketones (excluding diaryl/α,β-unsaturated/α-hetero) is 1. The maximum atomic E-state index is 13.7. The van der Waals surface area contributed by atoms with Gasteiger partial charge in [-0.3, -0.25) is 9.59 Å². The Bertz CT molecular complexity index is 913. The lowest BCUT2D eigenvalue weighted by molar-refractivity contribution is -0.145. The van der Waals surface area contributed by atoms with Crippen LogP contribution in [0.5, 0.6) is 17.2 Å². The van der Waals surface area contributed by atoms with Gasteiger partial charge < -0.3 is 18.9 Å². The summed E-state index contributed by atoms with van der Waals surface area (Å²) in [5.74, 6) is -1.03. The minimum atomic E-state index is -1.14. The Kier molecular flexibility index (Phi) is 11.7. The quantitative estimate of drug-likeness (QED) is 0.188. The Morgan fingerprint density at radius 1 is 0.912 bits per heavy atom. The molecule has 0 aliphatic heterocycles. The van der Waals surface area contributed by atoms with Gasteiger partial charge in [0.15, 0.2) is 5.78 Å². The van der Waals surface area contributed by atoms with Gasteiger partial charge in [-0.2, -0.15) is 0 Å². The van der Waals surface area contributed by atoms with E-state index in [1.165, 1.54) is 30.4 Å². The van der Waals surface area contributed by atoms with E-state index in [9.17, 15) is 9.59 Å². The van der Waals surface area contributed by atoms with Crippen LogP contribution in [0.3, 0.4) is 0 Å². The number of ether oxygens (including phenoxy) is 4. The molecule has 0 amide bonds. The molecule has 34 heavy (non-hydrogen) atoms. The number of methoxy groups -OCH3 is 3. The van der Waals surface area contributed by atoms with Crippen molar-refractivity contribution in [1.29, 1.82) is 0 Å². The van der Waals surface area contributed by atoms with Gasteiger partial charge in [0.1, 0.15) is 28.7 Å². The minimum absolute atomic E-state index is 0.115. The van der Waals surface area contributed by atoms with Gasteiger partial charge >= 0.3 is 15.1 Å². The summed E-state index contributed by atoms with van der Waals surface area (Å²) >= 11 is 0. The average molecular weight is 492 g/mol. The van der Waals surface area contributed by atoms with Crippen molar-refractivity contribution < 1.29 is 33.1 Å². The molecule has 0 heterocycles. The van der Waals surface area contributed by atoms with Crippen molar-refractivity contribution in [1.82, 2.24) is 0 Å². The smallest absolute Gasteiger partial charge is 0.321 e. The fourth-order valence-corrected chi connectivity index (χ4v) is 3.84. The first-order chi connectivity index (χ1) is 16.1. The molecule has 0 radical (unpaired) electrons. The summed E-state index contributed by atoms with van der Waals surface area (Å²) in [6, 6.07) is 12.1. The minimum Gasteiger partial charge on any atom is -0.496 e. The molecule has 2 rings (SSSR count). The van der Waals surface area contributed by atoms with E-state index in [4.69, 9.17) is 23.5 Å². The zero-order valence-corrected chi connectivity index (χ0v) is 22.2. The molecule has 186 valence electrons. The number of rotatable bonds is 10. The second-order valence-corrected chi connectivity index (χ2v) is 9.11. The van der Waals surface area contributed by atoms with Crippen LogP contribution in [0, 0.1) is 11.3 Å². The summed E-state index contributed by atoms with van der Waals surface area (Å²) in [6.45, 7) is 8.70. The summed E-state index contributed by atoms with van der Waals surface area (Å²) in [5, 5.41) is 0. The van der Waals surface area contributed by atoms with E-state index in [0.29, 0.717) is 11.3 Å². The third-order valence-electron chi connectivity index (χ3n) is 5.06. The molecule has 2 aromatic rings. The lowest BCUT2D eigenvalue weighted by Crippen LogP contribution is -2.27. The molecule has 0 spiro atoms. The monoisotopic (exact) mass is 491 g/mol. The molecule has 0 aliphatic carbocycles. The fraction of sp³-hybridized carbons (Fsp3) is 0.462. The van der Waals surface area contributed by atoms with E-state index in [1.54, 1.807) is 36.4 Å². The van der Waals surface area contributed by atoms with Gasteiger partial charge in [0.25, 0.3) is 0 Å². The first kappa shape index (κ1) is 29.1. The van der Waals surface area contributed by atoms with Crippen LogP contribution in [0.1, 0.15) is 56.0 Å². The average Bonchev–Trinajstić information content (AvgIpc) is 2.82. The Hall–Kier alpha value is -2.92. The number of carbonyl (C=O) groups excluding carboxylic acids is 2. The molecule has 0 aliphatic rings. The molecule has 3 atom stereocenters. The lowest BCUT2D eigenvalue weighted by atomic mass is 9.86. The first-order valence-electron chi connectivity index (χ1n) is 10.9. The Labute approximate surface area is 204 Å². The second-order valence-electron chi connectivity index (χ2n) is 9.11. The van der Waals surface area contributed by atoms with Gasteiger partial charge in [0.05, 0.1) is 27.9 Å². The highest BCUT2D eigenvalue weighted by Gasteiger charge is 2.35. The van der Waals surface area contributed by atoms with E-state index in [1.807, 2.05) is 13.0 Å². The highest BCUT2D eigenvalue weighted by Crippen LogP contribution is 2.38. The molecular formula is C26H36O7P+. The molecule has 0 N–H and O–H groups in total. The van der Waals surface area contributed by atoms with Gasteiger partial charge in [-0.05, 0) is 23.3 Å². The van der Waals surface area contributed by atoms with Gasteiger partial charge in [-0.15, -0.1) is 0 Å². The largest absolute Gasteiger partial charge is 0.496 e. The van der Waals surface area contributed by atoms with Gasteiger partial charge in [0.2, 0.25) is 0 Å². The normalized spacial score (nSPS) is 12.4. The van der Waals surface area contributed by atoms with Gasteiger partial charge in [0, 0.05) is 12.1 Å². The number of ketones is 1. The molecule has 3 unspecified atom stereocenters. The molecule has 0 bridgehead atoms. The maximum absolute atomic E-state index is 13.7. The topological polar surface area (TPSA) is 88.1 Å². The summed E-state index contributed by atoms with van der Waals surface area (Å²) in [5.41, 5.74) is 0.833. The molecule has 2 aromatic carbocycles. The van der Waals surface area contributed by atoms with E-state index >= 15 is 0 Å². The molecule has 0 aromatic heterocycles. The van der Waals surface area contributed by atoms with E-state index in [2.05, 4.69) is 20.8 Å². The van der Waals surface area contributed by atoms with Crippen molar-refractivity contribution in [2.45, 2.75) is 40.0 Å². The van der Waals surface area contributed by atoms with Crippen LogP contribution >= 0.6 is 9.12 Å². The van der Waals surface area contributed by atoms with Crippen LogP contribution in [0.25, 0.3) is 0 Å². The summed E-state index contributed by atoms with van der Waals surface area (Å²) in [7, 11) is 5.59. The van der Waals surface area contributed by atoms with Crippen molar-refractivity contribution in [3.8, 4) is 17.2 Å². The highest BCUT2D eigenvalue weighted by atomic mass is 31.0. The Morgan fingerprint density at radius 2 is 1.44 bits per heavy atom. The number of carbonyl (C=O) groups is 2. The van der Waals surface area contributed by atoms with E-state index in [-0.39, 0.29) is 35.0 Å². The summed E-state index contributed by atoms with van der Waals surface area (Å²) in [4.78, 5) is 26.9. The Morgan fingerprint density at radius 3 is 1.88 bits per heavy atom. The standard InChI is InChI=1S/C26H34O6.H2OP/c1-17(15-26(2,3)4)16-32-25(28)22(18-11-9-8-10-12-18)24(27)23-20(30-6)13-19(29-5)14-21(23)31-7;1-2/h8-14,17,22H,15-16H2,1-7H3;2H2/q;+1. The molecular weight excluding hydrogens is 455 g/mol. The van der Waals surface area contributed by atoms with Crippen molar-refractivity contribution in [2.24, 2.45) is 11.3 Å². The number of hydrogen-bond acceptors (Lipinski definition) is 7. The fourth-order valence-electron chi connectivity index (χ4n) is 3.84. The first-order valence-corrected chi connectivity index (χ1v) is 11.4. The second kappa shape index (κ2) is 13.7. The van der Waals surface area contributed by atoms with Crippen LogP contribution in [0.4, 0.5) is 0 Å². The summed E-state index contributed by atoms with van der Waals surface area (Å²) < 4.78 is 29.9. The Balaban J connectivity index is 0.00000281. The van der Waals surface area contributed by atoms with Crippen molar-refractivity contribution in [3.05, 3.63) is 53.6 Å². The third kappa shape index (κ3) is 8.14. The predicted molar refractivity (Wildman–Crippen MR) is 134 cm³/mol. The zero-order valence-electron chi connectivity index (χ0n) is 21.0. The molecule has 0 saturated heterocycles. The van der Waals surface area contributed by atoms with Crippen LogP contribution in [-0.4, -0.2) is 39.7 Å². The lowest BCUT2D eigenvalue weighted by Gasteiger charge is -2.24. The van der Waals surface area contributed by atoms with Gasteiger partial charge in [-0.25, -0.2) is 0 Å².